The zero-order valence-electron chi connectivity index (χ0n) is 39.5. The highest BCUT2D eigenvalue weighted by Gasteiger charge is 2.20. The van der Waals surface area contributed by atoms with E-state index in [0.717, 1.165) is 51.4 Å². The molecule has 0 bridgehead atoms. The van der Waals surface area contributed by atoms with Gasteiger partial charge in [0.05, 0.1) is 25.4 Å². The minimum absolute atomic E-state index is 0.00666. The number of hydrogen-bond donors (Lipinski definition) is 3. The molecule has 2 atom stereocenters. The van der Waals surface area contributed by atoms with E-state index < -0.39 is 12.1 Å². The minimum Gasteiger partial charge on any atom is -0.466 e. The third kappa shape index (κ3) is 45.7. The van der Waals surface area contributed by atoms with Gasteiger partial charge in [-0.2, -0.15) is 0 Å². The molecule has 0 saturated carbocycles. The van der Waals surface area contributed by atoms with Crippen LogP contribution in [0, 0.1) is 0 Å². The molecule has 3 N–H and O–H groups in total. The summed E-state index contributed by atoms with van der Waals surface area (Å²) in [6.45, 7) is 4.86. The number of hydrogen-bond acceptors (Lipinski definition) is 5. The molecule has 0 rings (SSSR count). The maximum Gasteiger partial charge on any atom is 0.305 e. The summed E-state index contributed by atoms with van der Waals surface area (Å²) in [5, 5.41) is 23.1. The van der Waals surface area contributed by atoms with E-state index in [-0.39, 0.29) is 18.5 Å². The van der Waals surface area contributed by atoms with E-state index in [1.165, 1.54) is 193 Å². The van der Waals surface area contributed by atoms with Crippen LogP contribution in [0.4, 0.5) is 0 Å². The van der Waals surface area contributed by atoms with Crippen molar-refractivity contribution in [3.8, 4) is 0 Å². The maximum atomic E-state index is 12.4. The Morgan fingerprint density at radius 1 is 0.475 bits per heavy atom. The standard InChI is InChI=1S/C53H101NO5/c1-3-5-7-9-11-13-15-23-27-31-35-39-43-47-53(58)59-48-44-40-36-32-28-25-22-20-18-16-17-19-21-24-26-30-34-38-42-46-52(57)54-50(49-55)51(56)45-41-37-33-29-14-12-10-8-6-4-2/h7,9,13,15,50-51,55-56H,3-6,8,10-12,14,16-49H2,1-2H3,(H,54,57)/b9-7-,15-13-. The molecule has 0 aliphatic heterocycles. The van der Waals surface area contributed by atoms with Gasteiger partial charge in [0.25, 0.3) is 0 Å². The monoisotopic (exact) mass is 832 g/mol. The van der Waals surface area contributed by atoms with Gasteiger partial charge < -0.3 is 20.3 Å². The SMILES string of the molecule is CCC/C=C\C/C=C\CCCCCCCC(=O)OCCCCCCCCCCCCCCCCCCCCCC(=O)NC(CO)C(O)CCCCCCCCCCCC. The van der Waals surface area contributed by atoms with Crippen molar-refractivity contribution in [1.29, 1.82) is 0 Å². The number of ether oxygens (including phenoxy) is 1. The Morgan fingerprint density at radius 2 is 0.881 bits per heavy atom. The molecule has 0 spiro atoms. The summed E-state index contributed by atoms with van der Waals surface area (Å²) in [6, 6.07) is -0.541. The summed E-state index contributed by atoms with van der Waals surface area (Å²) >= 11 is 0. The van der Waals surface area contributed by atoms with Crippen LogP contribution in [-0.2, 0) is 14.3 Å². The molecule has 0 aromatic carbocycles. The molecular weight excluding hydrogens is 731 g/mol. The highest BCUT2D eigenvalue weighted by molar-refractivity contribution is 5.76. The average Bonchev–Trinajstić information content (AvgIpc) is 3.24. The van der Waals surface area contributed by atoms with Gasteiger partial charge in [0, 0.05) is 12.8 Å². The smallest absolute Gasteiger partial charge is 0.305 e. The molecule has 59 heavy (non-hydrogen) atoms. The van der Waals surface area contributed by atoms with Crippen LogP contribution < -0.4 is 5.32 Å². The zero-order chi connectivity index (χ0) is 43.0. The van der Waals surface area contributed by atoms with Crippen LogP contribution in [0.1, 0.15) is 277 Å². The third-order valence-electron chi connectivity index (χ3n) is 12.0. The van der Waals surface area contributed by atoms with Crippen molar-refractivity contribution in [2.45, 2.75) is 289 Å². The van der Waals surface area contributed by atoms with Crippen LogP contribution in [-0.4, -0.2) is 47.4 Å². The van der Waals surface area contributed by atoms with E-state index in [1.807, 2.05) is 0 Å². The minimum atomic E-state index is -0.664. The lowest BCUT2D eigenvalue weighted by Gasteiger charge is -2.22. The Kier molecular flexibility index (Phi) is 47.6. The highest BCUT2D eigenvalue weighted by atomic mass is 16.5. The van der Waals surface area contributed by atoms with Gasteiger partial charge in [-0.05, 0) is 51.4 Å². The van der Waals surface area contributed by atoms with Crippen molar-refractivity contribution in [2.24, 2.45) is 0 Å². The fourth-order valence-corrected chi connectivity index (χ4v) is 7.97. The van der Waals surface area contributed by atoms with Gasteiger partial charge in [0.2, 0.25) is 5.91 Å². The second-order valence-electron chi connectivity index (χ2n) is 17.9. The van der Waals surface area contributed by atoms with Crippen molar-refractivity contribution in [3.63, 3.8) is 0 Å². The van der Waals surface area contributed by atoms with E-state index in [0.29, 0.717) is 25.9 Å². The number of carbonyl (C=O) groups is 2. The van der Waals surface area contributed by atoms with Gasteiger partial charge in [-0.1, -0.05) is 237 Å². The van der Waals surface area contributed by atoms with Gasteiger partial charge in [-0.25, -0.2) is 0 Å². The molecule has 0 aromatic rings. The second-order valence-corrected chi connectivity index (χ2v) is 17.9. The van der Waals surface area contributed by atoms with E-state index in [9.17, 15) is 19.8 Å². The molecule has 2 unspecified atom stereocenters. The van der Waals surface area contributed by atoms with Crippen LogP contribution in [0.2, 0.25) is 0 Å². The number of amides is 1. The van der Waals surface area contributed by atoms with Gasteiger partial charge in [-0.3, -0.25) is 9.59 Å². The normalized spacial score (nSPS) is 12.8. The first-order chi connectivity index (χ1) is 29.0. The Balaban J connectivity index is 3.39. The average molecular weight is 832 g/mol. The molecule has 0 aliphatic carbocycles. The molecule has 0 saturated heterocycles. The molecule has 1 amide bonds. The summed E-state index contributed by atoms with van der Waals surface area (Å²) in [6.07, 6.45) is 57.3. The molecule has 0 aliphatic rings. The Labute approximate surface area is 367 Å². The number of esters is 1. The van der Waals surface area contributed by atoms with Crippen LogP contribution in [0.25, 0.3) is 0 Å². The molecule has 0 heterocycles. The highest BCUT2D eigenvalue weighted by Crippen LogP contribution is 2.17. The first-order valence-corrected chi connectivity index (χ1v) is 26.1. The van der Waals surface area contributed by atoms with Gasteiger partial charge in [0.1, 0.15) is 0 Å². The summed E-state index contributed by atoms with van der Waals surface area (Å²) in [7, 11) is 0. The van der Waals surface area contributed by atoms with Crippen molar-refractivity contribution in [2.75, 3.05) is 13.2 Å². The van der Waals surface area contributed by atoms with Crippen LogP contribution >= 0.6 is 0 Å². The van der Waals surface area contributed by atoms with Gasteiger partial charge in [-0.15, -0.1) is 0 Å². The number of allylic oxidation sites excluding steroid dienone is 4. The second kappa shape index (κ2) is 49.0. The largest absolute Gasteiger partial charge is 0.466 e. The number of aliphatic hydroxyl groups excluding tert-OH is 2. The number of nitrogens with one attached hydrogen (secondary N) is 1. The van der Waals surface area contributed by atoms with Gasteiger partial charge >= 0.3 is 5.97 Å². The number of unbranched alkanes of at least 4 members (excludes halogenated alkanes) is 33. The molecule has 6 heteroatoms. The van der Waals surface area contributed by atoms with Crippen molar-refractivity contribution < 1.29 is 24.5 Å². The lowest BCUT2D eigenvalue weighted by molar-refractivity contribution is -0.143. The predicted octanol–water partition coefficient (Wildman–Crippen LogP) is 15.5. The summed E-state index contributed by atoms with van der Waals surface area (Å²) in [5.41, 5.74) is 0. The van der Waals surface area contributed by atoms with E-state index in [4.69, 9.17) is 4.74 Å². The van der Waals surface area contributed by atoms with Crippen LogP contribution in [0.5, 0.6) is 0 Å². The molecule has 348 valence electrons. The first kappa shape index (κ1) is 57.3. The molecular formula is C53H101NO5. The first-order valence-electron chi connectivity index (χ1n) is 26.1. The summed E-state index contributed by atoms with van der Waals surface area (Å²) < 4.78 is 5.45. The maximum absolute atomic E-state index is 12.4. The lowest BCUT2D eigenvalue weighted by atomic mass is 10.0. The van der Waals surface area contributed by atoms with E-state index >= 15 is 0 Å². The lowest BCUT2D eigenvalue weighted by Crippen LogP contribution is -2.45. The van der Waals surface area contributed by atoms with Crippen molar-refractivity contribution in [3.05, 3.63) is 24.3 Å². The fraction of sp³-hybridized carbons (Fsp3) is 0.887. The van der Waals surface area contributed by atoms with Crippen molar-refractivity contribution in [1.82, 2.24) is 5.32 Å². The molecule has 0 aromatic heterocycles. The summed E-state index contributed by atoms with van der Waals surface area (Å²) in [4.78, 5) is 24.4. The van der Waals surface area contributed by atoms with E-state index in [1.54, 1.807) is 0 Å². The molecule has 6 nitrogen and oxygen atoms in total. The number of carbonyl (C=O) groups excluding carboxylic acids is 2. The van der Waals surface area contributed by atoms with Gasteiger partial charge in [0.15, 0.2) is 0 Å². The Hall–Kier alpha value is -1.66. The summed E-state index contributed by atoms with van der Waals surface area (Å²) in [5.74, 6) is -0.0466. The van der Waals surface area contributed by atoms with Crippen molar-refractivity contribution >= 4 is 11.9 Å². The Morgan fingerprint density at radius 3 is 1.36 bits per heavy atom. The number of rotatable bonds is 48. The topological polar surface area (TPSA) is 95.9 Å². The molecule has 0 fully saturated rings. The third-order valence-corrected chi connectivity index (χ3v) is 12.0. The zero-order valence-corrected chi connectivity index (χ0v) is 39.5. The fourth-order valence-electron chi connectivity index (χ4n) is 7.97. The molecule has 0 radical (unpaired) electrons. The number of aliphatic hydroxyl groups is 2. The van der Waals surface area contributed by atoms with E-state index in [2.05, 4.69) is 43.5 Å². The predicted molar refractivity (Wildman–Crippen MR) is 255 cm³/mol. The van der Waals surface area contributed by atoms with Crippen LogP contribution in [0.3, 0.4) is 0 Å². The quantitative estimate of drug-likeness (QED) is 0.0322. The Bertz CT molecular complexity index is 920. The van der Waals surface area contributed by atoms with Crippen LogP contribution in [0.15, 0.2) is 24.3 Å².